The number of aliphatic hydroxyl groups is 1. The van der Waals surface area contributed by atoms with Crippen molar-refractivity contribution in [2.45, 2.75) is 18.9 Å². The number of nitro benzene ring substituents is 1. The maximum absolute atomic E-state index is 13.7. The summed E-state index contributed by atoms with van der Waals surface area (Å²) in [5, 5.41) is 23.6. The highest BCUT2D eigenvalue weighted by atomic mass is 16.6. The van der Waals surface area contributed by atoms with E-state index in [-0.39, 0.29) is 31.2 Å². The fraction of sp³-hybridized carbons (Fsp3) is 0.333. The predicted molar refractivity (Wildman–Crippen MR) is 153 cm³/mol. The van der Waals surface area contributed by atoms with Gasteiger partial charge >= 0.3 is 6.03 Å². The molecular formula is C30H35N5O5. The van der Waals surface area contributed by atoms with Gasteiger partial charge in [-0.25, -0.2) is 4.79 Å². The zero-order valence-electron chi connectivity index (χ0n) is 22.4. The van der Waals surface area contributed by atoms with E-state index < -0.39 is 17.0 Å². The van der Waals surface area contributed by atoms with Gasteiger partial charge in [0.1, 0.15) is 6.04 Å². The van der Waals surface area contributed by atoms with Crippen LogP contribution >= 0.6 is 0 Å². The molecule has 0 radical (unpaired) electrons. The van der Waals surface area contributed by atoms with Crippen LogP contribution in [0.5, 0.6) is 0 Å². The number of nitrogens with one attached hydrogen (secondary N) is 1. The van der Waals surface area contributed by atoms with Gasteiger partial charge in [0.05, 0.1) is 11.5 Å². The van der Waals surface area contributed by atoms with Crippen LogP contribution in [-0.2, 0) is 17.6 Å². The van der Waals surface area contributed by atoms with Crippen LogP contribution in [0.1, 0.15) is 11.1 Å². The van der Waals surface area contributed by atoms with Crippen molar-refractivity contribution in [3.8, 4) is 0 Å². The Morgan fingerprint density at radius 1 is 0.875 bits per heavy atom. The Bertz CT molecular complexity index is 1250. The zero-order valence-corrected chi connectivity index (χ0v) is 22.4. The molecule has 4 rings (SSSR count). The van der Waals surface area contributed by atoms with Crippen molar-refractivity contribution in [3.05, 3.63) is 106 Å². The number of carbonyl (C=O) groups is 2. The molecule has 1 aliphatic heterocycles. The van der Waals surface area contributed by atoms with E-state index >= 15 is 0 Å². The second-order valence-corrected chi connectivity index (χ2v) is 9.72. The summed E-state index contributed by atoms with van der Waals surface area (Å²) >= 11 is 0. The summed E-state index contributed by atoms with van der Waals surface area (Å²) in [5.41, 5.74) is 2.82. The lowest BCUT2D eigenvalue weighted by Gasteiger charge is -2.38. The number of piperazine rings is 1. The van der Waals surface area contributed by atoms with Crippen LogP contribution in [0, 0.1) is 10.1 Å². The molecule has 10 nitrogen and oxygen atoms in total. The summed E-state index contributed by atoms with van der Waals surface area (Å²) in [4.78, 5) is 43.2. The number of rotatable bonds is 11. The SMILES string of the molecule is O=C(N[C@@H](Cc1ccc([N+](=O)[O-])cc1)C(=O)N1CCN(c2ccccc2)CC1)N(CCO)CCc1ccccc1. The van der Waals surface area contributed by atoms with Crippen LogP contribution in [0.25, 0.3) is 0 Å². The summed E-state index contributed by atoms with van der Waals surface area (Å²) in [6, 6.07) is 24.5. The number of non-ortho nitro benzene ring substituents is 1. The number of nitrogens with zero attached hydrogens (tertiary/aromatic N) is 4. The number of amides is 3. The summed E-state index contributed by atoms with van der Waals surface area (Å²) in [7, 11) is 0. The number of para-hydroxylation sites is 1. The van der Waals surface area contributed by atoms with Gasteiger partial charge in [0.2, 0.25) is 5.91 Å². The number of hydrogen-bond donors (Lipinski definition) is 2. The average molecular weight is 546 g/mol. The molecule has 3 aromatic rings. The molecule has 3 amide bonds. The lowest BCUT2D eigenvalue weighted by Crippen LogP contribution is -2.57. The fourth-order valence-electron chi connectivity index (χ4n) is 4.82. The van der Waals surface area contributed by atoms with E-state index in [1.165, 1.54) is 17.0 Å². The molecule has 0 unspecified atom stereocenters. The maximum atomic E-state index is 13.7. The second kappa shape index (κ2) is 14.1. The number of hydrogen-bond acceptors (Lipinski definition) is 6. The third-order valence-corrected chi connectivity index (χ3v) is 7.07. The molecule has 3 aromatic carbocycles. The van der Waals surface area contributed by atoms with Crippen molar-refractivity contribution in [2.24, 2.45) is 0 Å². The minimum Gasteiger partial charge on any atom is -0.395 e. The molecular weight excluding hydrogens is 510 g/mol. The van der Waals surface area contributed by atoms with Gasteiger partial charge in [0.15, 0.2) is 0 Å². The van der Waals surface area contributed by atoms with Crippen LogP contribution in [0.15, 0.2) is 84.9 Å². The molecule has 1 atom stereocenters. The second-order valence-electron chi connectivity index (χ2n) is 9.72. The highest BCUT2D eigenvalue weighted by molar-refractivity contribution is 5.87. The van der Waals surface area contributed by atoms with Gasteiger partial charge in [0, 0.05) is 63.5 Å². The van der Waals surface area contributed by atoms with Crippen LogP contribution < -0.4 is 10.2 Å². The largest absolute Gasteiger partial charge is 0.395 e. The summed E-state index contributed by atoms with van der Waals surface area (Å²) in [6.45, 7) is 2.66. The van der Waals surface area contributed by atoms with Crippen molar-refractivity contribution in [1.82, 2.24) is 15.1 Å². The lowest BCUT2D eigenvalue weighted by atomic mass is 10.0. The molecule has 0 bridgehead atoms. The maximum Gasteiger partial charge on any atom is 0.318 e. The van der Waals surface area contributed by atoms with E-state index in [1.807, 2.05) is 60.7 Å². The average Bonchev–Trinajstić information content (AvgIpc) is 3.00. The van der Waals surface area contributed by atoms with E-state index in [9.17, 15) is 24.8 Å². The highest BCUT2D eigenvalue weighted by Gasteiger charge is 2.30. The molecule has 210 valence electrons. The first-order valence-corrected chi connectivity index (χ1v) is 13.5. The molecule has 40 heavy (non-hydrogen) atoms. The van der Waals surface area contributed by atoms with Crippen LogP contribution in [0.3, 0.4) is 0 Å². The molecule has 0 saturated carbocycles. The summed E-state index contributed by atoms with van der Waals surface area (Å²) in [5.74, 6) is -0.202. The van der Waals surface area contributed by atoms with E-state index in [0.29, 0.717) is 44.7 Å². The van der Waals surface area contributed by atoms with Crippen LogP contribution in [-0.4, -0.2) is 83.7 Å². The van der Waals surface area contributed by atoms with Crippen molar-refractivity contribution < 1.29 is 19.6 Å². The number of nitro groups is 1. The molecule has 0 aliphatic carbocycles. The van der Waals surface area contributed by atoms with Crippen LogP contribution in [0.4, 0.5) is 16.2 Å². The summed E-state index contributed by atoms with van der Waals surface area (Å²) in [6.07, 6.45) is 0.795. The quantitative estimate of drug-likeness (QED) is 0.282. The number of carbonyl (C=O) groups excluding carboxylic acids is 2. The number of urea groups is 1. The Morgan fingerprint density at radius 3 is 2.10 bits per heavy atom. The van der Waals surface area contributed by atoms with Gasteiger partial charge in [-0.3, -0.25) is 14.9 Å². The Hall–Kier alpha value is -4.44. The smallest absolute Gasteiger partial charge is 0.318 e. The first kappa shape index (κ1) is 28.6. The predicted octanol–water partition coefficient (Wildman–Crippen LogP) is 3.10. The van der Waals surface area contributed by atoms with Crippen molar-refractivity contribution in [1.29, 1.82) is 0 Å². The lowest BCUT2D eigenvalue weighted by molar-refractivity contribution is -0.384. The normalized spacial score (nSPS) is 13.9. The molecule has 0 aromatic heterocycles. The molecule has 1 heterocycles. The molecule has 1 fully saturated rings. The minimum absolute atomic E-state index is 0.0391. The fourth-order valence-corrected chi connectivity index (χ4v) is 4.82. The number of aliphatic hydroxyl groups excluding tert-OH is 1. The van der Waals surface area contributed by atoms with Crippen molar-refractivity contribution in [2.75, 3.05) is 50.8 Å². The van der Waals surface area contributed by atoms with Gasteiger partial charge in [0.25, 0.3) is 5.69 Å². The highest BCUT2D eigenvalue weighted by Crippen LogP contribution is 2.18. The molecule has 2 N–H and O–H groups in total. The standard InChI is InChI=1S/C30H35N5O5/c36-22-21-34(16-15-24-7-3-1-4-8-24)30(38)31-28(23-25-11-13-27(14-12-25)35(39)40)29(37)33-19-17-32(18-20-33)26-9-5-2-6-10-26/h1-14,28,36H,15-23H2,(H,31,38)/t28-/m0/s1. The zero-order chi connectivity index (χ0) is 28.3. The topological polar surface area (TPSA) is 119 Å². The van der Waals surface area contributed by atoms with Gasteiger partial charge in [-0.2, -0.15) is 0 Å². The van der Waals surface area contributed by atoms with E-state index in [2.05, 4.69) is 10.2 Å². The third kappa shape index (κ3) is 7.79. The van der Waals surface area contributed by atoms with E-state index in [1.54, 1.807) is 17.0 Å². The Balaban J connectivity index is 1.46. The van der Waals surface area contributed by atoms with E-state index in [4.69, 9.17) is 0 Å². The first-order chi connectivity index (χ1) is 19.4. The Labute approximate surface area is 234 Å². The summed E-state index contributed by atoms with van der Waals surface area (Å²) < 4.78 is 0. The van der Waals surface area contributed by atoms with E-state index in [0.717, 1.165) is 11.3 Å². The monoisotopic (exact) mass is 545 g/mol. The van der Waals surface area contributed by atoms with Crippen LogP contribution in [0.2, 0.25) is 0 Å². The van der Waals surface area contributed by atoms with Gasteiger partial charge in [-0.05, 0) is 29.7 Å². The number of benzene rings is 3. The first-order valence-electron chi connectivity index (χ1n) is 13.5. The Kier molecular flexibility index (Phi) is 10.1. The van der Waals surface area contributed by atoms with Gasteiger partial charge in [-0.15, -0.1) is 0 Å². The van der Waals surface area contributed by atoms with Gasteiger partial charge in [-0.1, -0.05) is 60.7 Å². The molecule has 1 saturated heterocycles. The van der Waals surface area contributed by atoms with Crippen molar-refractivity contribution in [3.63, 3.8) is 0 Å². The minimum atomic E-state index is -0.866. The number of anilines is 1. The molecule has 10 heteroatoms. The molecule has 0 spiro atoms. The third-order valence-electron chi connectivity index (χ3n) is 7.07. The molecule has 1 aliphatic rings. The van der Waals surface area contributed by atoms with Gasteiger partial charge < -0.3 is 25.1 Å². The Morgan fingerprint density at radius 2 is 1.50 bits per heavy atom. The van der Waals surface area contributed by atoms with Crippen molar-refractivity contribution >= 4 is 23.3 Å².